The Morgan fingerprint density at radius 3 is 1.40 bits per heavy atom. The molecule has 0 saturated carbocycles. The zero-order chi connectivity index (χ0) is 3.86. The van der Waals surface area contributed by atoms with Crippen LogP contribution in [0.25, 0.3) is 0 Å². The van der Waals surface area contributed by atoms with Crippen molar-refractivity contribution >= 4 is 7.28 Å². The fraction of sp³-hybridized carbons (Fsp3) is 0. The minimum Gasteiger partial charge on any atom is -0.409 e. The Labute approximate surface area is 31.1 Å². The van der Waals surface area contributed by atoms with Gasteiger partial charge < -0.3 is 11.5 Å². The summed E-state index contributed by atoms with van der Waals surface area (Å²) in [5.74, 6) is 0. The molecule has 0 saturated heterocycles. The van der Waals surface area contributed by atoms with E-state index in [2.05, 4.69) is 0 Å². The van der Waals surface area contributed by atoms with E-state index in [0.717, 1.165) is 11.2 Å². The normalized spacial score (nSPS) is 18.4. The molecular weight excluding hydrogens is 62.8 g/mol. The molecule has 5 heavy (non-hydrogen) atoms. The Balaban J connectivity index is 2.59. The molecule has 3 heteroatoms. The van der Waals surface area contributed by atoms with Crippen LogP contribution in [0.1, 0.15) is 0 Å². The predicted molar refractivity (Wildman–Crippen MR) is 21.2 cm³/mol. The maximum Gasteiger partial charge on any atom is 0.236 e. The lowest BCUT2D eigenvalue weighted by molar-refractivity contribution is 1.50. The molecule has 0 bridgehead atoms. The summed E-state index contributed by atoms with van der Waals surface area (Å²) in [6, 6.07) is 0. The molecule has 0 spiro atoms. The van der Waals surface area contributed by atoms with Gasteiger partial charge in [-0.3, -0.25) is 0 Å². The quantitative estimate of drug-likeness (QED) is 0.348. The highest BCUT2D eigenvalue weighted by atomic mass is 14.7. The monoisotopic (exact) mass is 67.0 g/mol. The van der Waals surface area contributed by atoms with E-state index in [9.17, 15) is 0 Å². The summed E-state index contributed by atoms with van der Waals surface area (Å²) in [6.45, 7) is 0. The second-order valence-corrected chi connectivity index (χ2v) is 1.06. The first-order chi connectivity index (χ1) is 2.30. The molecule has 1 aliphatic heterocycles. The van der Waals surface area contributed by atoms with Crippen LogP contribution in [-0.4, -0.2) is 7.28 Å². The molecule has 25 valence electrons. The second-order valence-electron chi connectivity index (χ2n) is 1.06. The summed E-state index contributed by atoms with van der Waals surface area (Å²) < 4.78 is 0. The van der Waals surface area contributed by atoms with Crippen LogP contribution in [0.3, 0.4) is 0 Å². The van der Waals surface area contributed by atoms with Gasteiger partial charge in [-0.25, -0.2) is 0 Å². The van der Waals surface area contributed by atoms with Gasteiger partial charge in [-0.05, 0) is 11.2 Å². The summed E-state index contributed by atoms with van der Waals surface area (Å²) in [6.07, 6.45) is 0. The van der Waals surface area contributed by atoms with E-state index >= 15 is 0 Å². The first-order valence-corrected chi connectivity index (χ1v) is 1.40. The topological polar surface area (TPSA) is 52.0 Å². The summed E-state index contributed by atoms with van der Waals surface area (Å²) >= 11 is 0. The van der Waals surface area contributed by atoms with Gasteiger partial charge in [0.15, 0.2) is 0 Å². The highest BCUT2D eigenvalue weighted by Gasteiger charge is 2.14. The van der Waals surface area contributed by atoms with Gasteiger partial charge in [0, 0.05) is 0 Å². The Bertz CT molecular complexity index is 75.6. The second kappa shape index (κ2) is 0.480. The van der Waals surface area contributed by atoms with Crippen molar-refractivity contribution in [2.45, 2.75) is 0 Å². The van der Waals surface area contributed by atoms with Crippen LogP contribution in [0.2, 0.25) is 0 Å². The fourth-order valence-electron chi connectivity index (χ4n) is 0.131. The van der Waals surface area contributed by atoms with Gasteiger partial charge in [-0.2, -0.15) is 0 Å². The summed E-state index contributed by atoms with van der Waals surface area (Å²) in [4.78, 5) is 0. The largest absolute Gasteiger partial charge is 0.409 e. The van der Waals surface area contributed by atoms with Crippen molar-refractivity contribution in [1.29, 1.82) is 0 Å². The Morgan fingerprint density at radius 2 is 1.40 bits per heavy atom. The van der Waals surface area contributed by atoms with E-state index in [1.54, 1.807) is 7.28 Å². The first kappa shape index (κ1) is 2.63. The number of rotatable bonds is 0. The highest BCUT2D eigenvalue weighted by molar-refractivity contribution is 6.66. The van der Waals surface area contributed by atoms with E-state index in [4.69, 9.17) is 11.5 Å². The van der Waals surface area contributed by atoms with E-state index in [-0.39, 0.29) is 0 Å². The zero-order valence-electron chi connectivity index (χ0n) is 2.73. The fourth-order valence-corrected chi connectivity index (χ4v) is 0.131. The molecule has 1 heterocycles. The minimum atomic E-state index is 0.741. The molecule has 1 radical (unpaired) electrons. The molecular formula is C2H4BN2. The molecule has 0 fully saturated rings. The van der Waals surface area contributed by atoms with Crippen molar-refractivity contribution in [3.63, 3.8) is 0 Å². The third-order valence-corrected chi connectivity index (χ3v) is 0.561. The van der Waals surface area contributed by atoms with E-state index < -0.39 is 0 Å². The molecule has 0 amide bonds. The van der Waals surface area contributed by atoms with Gasteiger partial charge in [0.05, 0.1) is 0 Å². The summed E-state index contributed by atoms with van der Waals surface area (Å²) in [7, 11) is 1.72. The third kappa shape index (κ3) is 0.230. The smallest absolute Gasteiger partial charge is 0.236 e. The van der Waals surface area contributed by atoms with Gasteiger partial charge >= 0.3 is 0 Å². The van der Waals surface area contributed by atoms with Gasteiger partial charge in [0.25, 0.3) is 0 Å². The van der Waals surface area contributed by atoms with Crippen LogP contribution in [-0.2, 0) is 0 Å². The average Bonchev–Trinajstić information content (AvgIpc) is 1.79. The molecule has 1 rings (SSSR count). The molecule has 0 aromatic carbocycles. The van der Waals surface area contributed by atoms with Gasteiger partial charge in [0.2, 0.25) is 7.28 Å². The molecule has 0 atom stereocenters. The van der Waals surface area contributed by atoms with Gasteiger partial charge in [0.1, 0.15) is 0 Å². The van der Waals surface area contributed by atoms with E-state index in [1.807, 2.05) is 0 Å². The lowest BCUT2D eigenvalue weighted by Gasteiger charge is -1.58. The van der Waals surface area contributed by atoms with E-state index in [0.29, 0.717) is 0 Å². The molecule has 0 aliphatic carbocycles. The van der Waals surface area contributed by atoms with Crippen LogP contribution in [0, 0.1) is 0 Å². The van der Waals surface area contributed by atoms with Crippen LogP contribution in [0.15, 0.2) is 11.2 Å². The van der Waals surface area contributed by atoms with Crippen LogP contribution in [0.4, 0.5) is 0 Å². The van der Waals surface area contributed by atoms with Crippen molar-refractivity contribution in [1.82, 2.24) is 0 Å². The van der Waals surface area contributed by atoms with Crippen LogP contribution < -0.4 is 11.5 Å². The SMILES string of the molecule is NC1=C(N)[B]1. The number of hydrogen-bond donors (Lipinski definition) is 2. The summed E-state index contributed by atoms with van der Waals surface area (Å²) in [5, 5.41) is 0. The van der Waals surface area contributed by atoms with Crippen molar-refractivity contribution in [2.75, 3.05) is 0 Å². The van der Waals surface area contributed by atoms with E-state index in [1.165, 1.54) is 0 Å². The van der Waals surface area contributed by atoms with Crippen LogP contribution in [0.5, 0.6) is 0 Å². The highest BCUT2D eigenvalue weighted by Crippen LogP contribution is 2.02. The Hall–Kier alpha value is -0.595. The van der Waals surface area contributed by atoms with Gasteiger partial charge in [-0.1, -0.05) is 0 Å². The third-order valence-electron chi connectivity index (χ3n) is 0.561. The molecule has 0 aromatic heterocycles. The van der Waals surface area contributed by atoms with Crippen molar-refractivity contribution in [3.8, 4) is 0 Å². The van der Waals surface area contributed by atoms with Gasteiger partial charge in [-0.15, -0.1) is 0 Å². The first-order valence-electron chi connectivity index (χ1n) is 1.40. The zero-order valence-corrected chi connectivity index (χ0v) is 2.73. The molecule has 4 N–H and O–H groups in total. The molecule has 0 unspecified atom stereocenters. The molecule has 2 nitrogen and oxygen atoms in total. The average molecular weight is 66.9 g/mol. The number of hydrogen-bond acceptors (Lipinski definition) is 2. The Morgan fingerprint density at radius 1 is 1.20 bits per heavy atom. The Kier molecular flexibility index (Phi) is 0.253. The minimum absolute atomic E-state index is 0.741. The maximum absolute atomic E-state index is 5.06. The standard InChI is InChI=1S/C2H4BN2/c4-1-2(5)3-1/h4-5H2. The lowest BCUT2D eigenvalue weighted by atomic mass is 10.0. The van der Waals surface area contributed by atoms with Crippen molar-refractivity contribution < 1.29 is 0 Å². The predicted octanol–water partition coefficient (Wildman–Crippen LogP) is -1.25. The summed E-state index contributed by atoms with van der Waals surface area (Å²) in [5.41, 5.74) is 11.6. The lowest BCUT2D eigenvalue weighted by Crippen LogP contribution is -1.81. The molecule has 1 aliphatic rings. The molecule has 0 aromatic rings. The number of nitrogens with two attached hydrogens (primary N) is 2. The van der Waals surface area contributed by atoms with Crippen LogP contribution >= 0.6 is 0 Å². The van der Waals surface area contributed by atoms with Crippen molar-refractivity contribution in [2.24, 2.45) is 11.5 Å². The van der Waals surface area contributed by atoms with Crippen molar-refractivity contribution in [3.05, 3.63) is 11.2 Å². The maximum atomic E-state index is 5.06.